The molecule has 2 rings (SSSR count). The molecule has 1 N–H and O–H groups in total. The Balaban J connectivity index is 2.10. The summed E-state index contributed by atoms with van der Waals surface area (Å²) in [5.41, 5.74) is 0.161. The predicted octanol–water partition coefficient (Wildman–Crippen LogP) is 2.67. The first-order valence-corrected chi connectivity index (χ1v) is 6.73. The molecule has 1 heterocycles. The molecule has 1 aliphatic carbocycles. The Bertz CT molecular complexity index is 472. The number of hydrogen-bond acceptors (Lipinski definition) is 3. The van der Waals surface area contributed by atoms with Gasteiger partial charge in [-0.1, -0.05) is 27.7 Å². The van der Waals surface area contributed by atoms with Gasteiger partial charge >= 0.3 is 0 Å². The van der Waals surface area contributed by atoms with Crippen LogP contribution in [0.4, 0.5) is 5.82 Å². The third-order valence-corrected chi connectivity index (χ3v) is 4.08. The summed E-state index contributed by atoms with van der Waals surface area (Å²) < 4.78 is 1.80. The molecule has 1 fully saturated rings. The largest absolute Gasteiger partial charge is 0.365 e. The van der Waals surface area contributed by atoms with Crippen LogP contribution < -0.4 is 10.9 Å². The zero-order valence-corrected chi connectivity index (χ0v) is 11.7. The van der Waals surface area contributed by atoms with Gasteiger partial charge in [0.05, 0.1) is 0 Å². The van der Waals surface area contributed by atoms with Crippen LogP contribution in [0.2, 0.25) is 0 Å². The van der Waals surface area contributed by atoms with Gasteiger partial charge in [0, 0.05) is 25.0 Å². The summed E-state index contributed by atoms with van der Waals surface area (Å²) in [5.74, 6) is 1.04. The van der Waals surface area contributed by atoms with Crippen molar-refractivity contribution in [1.82, 2.24) is 9.55 Å². The third kappa shape index (κ3) is 2.74. The van der Waals surface area contributed by atoms with Gasteiger partial charge in [0.25, 0.3) is 5.56 Å². The number of aromatic nitrogens is 2. The molecule has 1 aromatic rings. The molecular weight excluding hydrogens is 226 g/mol. The van der Waals surface area contributed by atoms with E-state index in [1.54, 1.807) is 17.0 Å². The van der Waals surface area contributed by atoms with Crippen molar-refractivity contribution in [2.24, 2.45) is 11.3 Å². The van der Waals surface area contributed by atoms with Crippen molar-refractivity contribution in [3.05, 3.63) is 22.7 Å². The first kappa shape index (κ1) is 13.1. The van der Waals surface area contributed by atoms with Gasteiger partial charge in [0.15, 0.2) is 5.82 Å². The maximum Gasteiger partial charge on any atom is 0.293 e. The summed E-state index contributed by atoms with van der Waals surface area (Å²) in [6, 6.07) is 0.402. The minimum atomic E-state index is 0.0135. The van der Waals surface area contributed by atoms with Crippen LogP contribution in [0.1, 0.15) is 46.6 Å². The molecule has 0 aliphatic heterocycles. The molecule has 1 aromatic heterocycles. The molecule has 0 radical (unpaired) electrons. The van der Waals surface area contributed by atoms with Crippen LogP contribution in [-0.4, -0.2) is 16.1 Å². The van der Waals surface area contributed by atoms with Gasteiger partial charge in [-0.25, -0.2) is 4.98 Å². The van der Waals surface area contributed by atoms with E-state index in [0.29, 0.717) is 17.8 Å². The fourth-order valence-corrected chi connectivity index (χ4v) is 1.70. The number of nitrogens with zero attached hydrogens (tertiary/aromatic N) is 2. The minimum absolute atomic E-state index is 0.0135. The van der Waals surface area contributed by atoms with E-state index in [0.717, 1.165) is 19.4 Å². The summed E-state index contributed by atoms with van der Waals surface area (Å²) in [6.07, 6.45) is 5.73. The van der Waals surface area contributed by atoms with E-state index in [-0.39, 0.29) is 11.0 Å². The number of hydrogen-bond donors (Lipinski definition) is 1. The van der Waals surface area contributed by atoms with Gasteiger partial charge < -0.3 is 9.88 Å². The lowest BCUT2D eigenvalue weighted by molar-refractivity contribution is 0.269. The van der Waals surface area contributed by atoms with E-state index in [2.05, 4.69) is 38.0 Å². The van der Waals surface area contributed by atoms with Crippen LogP contribution in [0.3, 0.4) is 0 Å². The highest BCUT2D eigenvalue weighted by molar-refractivity contribution is 5.31. The maximum absolute atomic E-state index is 12.2. The van der Waals surface area contributed by atoms with Crippen LogP contribution in [0, 0.1) is 11.3 Å². The molecule has 0 bridgehead atoms. The van der Waals surface area contributed by atoms with E-state index < -0.39 is 0 Å². The van der Waals surface area contributed by atoms with Crippen molar-refractivity contribution in [1.29, 1.82) is 0 Å². The minimum Gasteiger partial charge on any atom is -0.365 e. The summed E-state index contributed by atoms with van der Waals surface area (Å²) in [7, 11) is 0. The molecule has 1 saturated carbocycles. The first-order valence-electron chi connectivity index (χ1n) is 6.73. The fourth-order valence-electron chi connectivity index (χ4n) is 1.70. The van der Waals surface area contributed by atoms with Gasteiger partial charge in [-0.05, 0) is 24.2 Å². The Morgan fingerprint density at radius 1 is 1.50 bits per heavy atom. The third-order valence-electron chi connectivity index (χ3n) is 4.08. The lowest BCUT2D eigenvalue weighted by atomic mass is 9.81. The second-order valence-corrected chi connectivity index (χ2v) is 6.22. The molecule has 0 amide bonds. The van der Waals surface area contributed by atoms with Gasteiger partial charge in [-0.3, -0.25) is 4.79 Å². The molecule has 0 spiro atoms. The summed E-state index contributed by atoms with van der Waals surface area (Å²) in [4.78, 5) is 16.3. The van der Waals surface area contributed by atoms with Crippen LogP contribution >= 0.6 is 0 Å². The van der Waals surface area contributed by atoms with Gasteiger partial charge in [-0.2, -0.15) is 0 Å². The predicted molar refractivity (Wildman–Crippen MR) is 73.9 cm³/mol. The van der Waals surface area contributed by atoms with Gasteiger partial charge in [0.2, 0.25) is 0 Å². The zero-order valence-electron chi connectivity index (χ0n) is 11.7. The topological polar surface area (TPSA) is 46.9 Å². The van der Waals surface area contributed by atoms with Crippen molar-refractivity contribution < 1.29 is 0 Å². The molecule has 1 aliphatic rings. The van der Waals surface area contributed by atoms with Gasteiger partial charge in [-0.15, -0.1) is 0 Å². The molecule has 0 aromatic carbocycles. The van der Waals surface area contributed by atoms with E-state index in [9.17, 15) is 4.79 Å². The van der Waals surface area contributed by atoms with Crippen molar-refractivity contribution in [3.63, 3.8) is 0 Å². The average molecular weight is 249 g/mol. The van der Waals surface area contributed by atoms with Crippen molar-refractivity contribution >= 4 is 5.82 Å². The summed E-state index contributed by atoms with van der Waals surface area (Å²) in [6.45, 7) is 9.56. The first-order chi connectivity index (χ1) is 8.42. The van der Waals surface area contributed by atoms with E-state index in [1.165, 1.54) is 0 Å². The smallest absolute Gasteiger partial charge is 0.293 e. The Kier molecular flexibility index (Phi) is 3.46. The Morgan fingerprint density at radius 2 is 2.17 bits per heavy atom. The van der Waals surface area contributed by atoms with Crippen molar-refractivity contribution in [3.8, 4) is 0 Å². The van der Waals surface area contributed by atoms with Crippen LogP contribution in [0.5, 0.6) is 0 Å². The number of anilines is 1. The lowest BCUT2D eigenvalue weighted by Gasteiger charge is -2.29. The van der Waals surface area contributed by atoms with E-state index >= 15 is 0 Å². The molecule has 4 nitrogen and oxygen atoms in total. The fraction of sp³-hybridized carbons (Fsp3) is 0.714. The summed E-state index contributed by atoms with van der Waals surface area (Å²) >= 11 is 0. The monoisotopic (exact) mass is 249 g/mol. The standard InChI is InChI=1S/C14H23N3O/c1-10(2)14(3,4)9-16-12-13(18)17(8-7-15-12)11-5-6-11/h7-8,10-11H,5-6,9H2,1-4H3,(H,15,16). The van der Waals surface area contributed by atoms with E-state index in [1.807, 2.05) is 0 Å². The Labute approximate surface area is 108 Å². The highest BCUT2D eigenvalue weighted by Crippen LogP contribution is 2.33. The molecule has 18 heavy (non-hydrogen) atoms. The highest BCUT2D eigenvalue weighted by atomic mass is 16.1. The maximum atomic E-state index is 12.2. The lowest BCUT2D eigenvalue weighted by Crippen LogP contribution is -2.32. The molecule has 0 atom stereocenters. The Hall–Kier alpha value is -1.32. The second-order valence-electron chi connectivity index (χ2n) is 6.22. The van der Waals surface area contributed by atoms with Crippen LogP contribution in [-0.2, 0) is 0 Å². The molecule has 4 heteroatoms. The molecule has 0 unspecified atom stereocenters. The highest BCUT2D eigenvalue weighted by Gasteiger charge is 2.26. The quantitative estimate of drug-likeness (QED) is 0.872. The molecule has 0 saturated heterocycles. The van der Waals surface area contributed by atoms with E-state index in [4.69, 9.17) is 0 Å². The molecule has 100 valence electrons. The number of nitrogens with one attached hydrogen (secondary N) is 1. The SMILES string of the molecule is CC(C)C(C)(C)CNc1nccn(C2CC2)c1=O. The van der Waals surface area contributed by atoms with Crippen LogP contribution in [0.15, 0.2) is 17.2 Å². The second kappa shape index (κ2) is 4.75. The molecular formula is C14H23N3O. The van der Waals surface area contributed by atoms with Gasteiger partial charge in [0.1, 0.15) is 0 Å². The number of rotatable bonds is 5. The van der Waals surface area contributed by atoms with Crippen molar-refractivity contribution in [2.75, 3.05) is 11.9 Å². The summed E-state index contributed by atoms with van der Waals surface area (Å²) in [5, 5.41) is 3.21. The van der Waals surface area contributed by atoms with Crippen LogP contribution in [0.25, 0.3) is 0 Å². The van der Waals surface area contributed by atoms with Crippen molar-refractivity contribution in [2.45, 2.75) is 46.6 Å². The zero-order chi connectivity index (χ0) is 13.3. The Morgan fingerprint density at radius 3 is 2.72 bits per heavy atom. The average Bonchev–Trinajstić information content (AvgIpc) is 3.11. The normalized spacial score (nSPS) is 16.1.